The van der Waals surface area contributed by atoms with Gasteiger partial charge < -0.3 is 10.3 Å². The second kappa shape index (κ2) is 6.91. The maximum atomic E-state index is 12.1. The van der Waals surface area contributed by atoms with E-state index in [0.29, 0.717) is 13.0 Å². The summed E-state index contributed by atoms with van der Waals surface area (Å²) in [6.07, 6.45) is 2.28. The summed E-state index contributed by atoms with van der Waals surface area (Å²) in [4.78, 5) is 20.0. The number of carbonyl (C=O) groups excluding carboxylic acids is 1. The molecule has 0 aliphatic heterocycles. The van der Waals surface area contributed by atoms with E-state index in [0.717, 1.165) is 32.7 Å². The molecule has 124 valence electrons. The normalized spacial score (nSPS) is 10.9. The third-order valence-corrected chi connectivity index (χ3v) is 4.91. The van der Waals surface area contributed by atoms with Crippen LogP contribution in [0.1, 0.15) is 10.6 Å². The van der Waals surface area contributed by atoms with Gasteiger partial charge in [-0.15, -0.1) is 11.3 Å². The highest BCUT2D eigenvalue weighted by atomic mass is 32.1. The number of hydrogen-bond donors (Lipinski definition) is 2. The van der Waals surface area contributed by atoms with Crippen molar-refractivity contribution in [2.45, 2.75) is 13.0 Å². The Kier molecular flexibility index (Phi) is 4.31. The first-order valence-electron chi connectivity index (χ1n) is 8.11. The van der Waals surface area contributed by atoms with Crippen LogP contribution >= 0.6 is 11.3 Å². The molecule has 0 spiro atoms. The van der Waals surface area contributed by atoms with E-state index in [4.69, 9.17) is 0 Å². The van der Waals surface area contributed by atoms with Gasteiger partial charge in [0.05, 0.1) is 12.1 Å². The first-order valence-corrected chi connectivity index (χ1v) is 8.99. The smallest absolute Gasteiger partial charge is 0.227 e. The van der Waals surface area contributed by atoms with Crippen LogP contribution in [0.3, 0.4) is 0 Å². The minimum atomic E-state index is -0.0105. The summed E-state index contributed by atoms with van der Waals surface area (Å²) in [5.74, 6) is -0.0105. The summed E-state index contributed by atoms with van der Waals surface area (Å²) in [7, 11) is 0. The van der Waals surface area contributed by atoms with Crippen LogP contribution in [-0.2, 0) is 17.8 Å². The van der Waals surface area contributed by atoms with Crippen molar-refractivity contribution in [2.24, 2.45) is 0 Å². The molecule has 0 aliphatic rings. The zero-order valence-electron chi connectivity index (χ0n) is 13.5. The highest BCUT2D eigenvalue weighted by molar-refractivity contribution is 7.10. The summed E-state index contributed by atoms with van der Waals surface area (Å²) in [5.41, 5.74) is 4.17. The van der Waals surface area contributed by atoms with Gasteiger partial charge in [0.1, 0.15) is 5.01 Å². The third-order valence-electron chi connectivity index (χ3n) is 4.06. The Morgan fingerprint density at radius 2 is 1.88 bits per heavy atom. The molecule has 0 fully saturated rings. The van der Waals surface area contributed by atoms with E-state index in [1.54, 1.807) is 0 Å². The summed E-state index contributed by atoms with van der Waals surface area (Å²) < 4.78 is 0. The molecule has 2 aromatic carbocycles. The van der Waals surface area contributed by atoms with Crippen LogP contribution < -0.4 is 5.32 Å². The quantitative estimate of drug-likeness (QED) is 0.570. The Bertz CT molecular complexity index is 1000. The molecule has 0 radical (unpaired) electrons. The second-order valence-corrected chi connectivity index (χ2v) is 6.76. The van der Waals surface area contributed by atoms with Gasteiger partial charge in [0.25, 0.3) is 0 Å². The Labute approximate surface area is 149 Å². The number of rotatable bonds is 5. The average Bonchev–Trinajstić information content (AvgIpc) is 3.27. The fraction of sp³-hybridized carbons (Fsp3) is 0.100. The van der Waals surface area contributed by atoms with E-state index in [9.17, 15) is 4.79 Å². The first kappa shape index (κ1) is 15.6. The first-order chi connectivity index (χ1) is 12.3. The molecule has 5 heteroatoms. The van der Waals surface area contributed by atoms with Crippen molar-refractivity contribution in [1.29, 1.82) is 0 Å². The van der Waals surface area contributed by atoms with Gasteiger partial charge in [-0.1, -0.05) is 48.5 Å². The van der Waals surface area contributed by atoms with Crippen molar-refractivity contribution in [3.63, 3.8) is 0 Å². The molecule has 2 aromatic heterocycles. The summed E-state index contributed by atoms with van der Waals surface area (Å²) in [6, 6.07) is 18.0. The molecular weight excluding hydrogens is 330 g/mol. The lowest BCUT2D eigenvalue weighted by molar-refractivity contribution is -0.120. The molecule has 0 atom stereocenters. The number of nitrogens with one attached hydrogen (secondary N) is 2. The van der Waals surface area contributed by atoms with Gasteiger partial charge in [-0.25, -0.2) is 4.98 Å². The molecule has 25 heavy (non-hydrogen) atoms. The molecule has 1 amide bonds. The molecule has 4 rings (SSSR count). The van der Waals surface area contributed by atoms with Crippen molar-refractivity contribution in [3.05, 3.63) is 76.7 Å². The minimum Gasteiger partial charge on any atom is -0.360 e. The van der Waals surface area contributed by atoms with Gasteiger partial charge >= 0.3 is 0 Å². The van der Waals surface area contributed by atoms with Crippen LogP contribution in [0.15, 0.2) is 66.2 Å². The number of amides is 1. The van der Waals surface area contributed by atoms with E-state index >= 15 is 0 Å². The standard InChI is InChI=1S/C20H17N3OS/c24-19(22-11-14-6-2-1-3-7-14)10-20-23-18(13-25-20)16-12-21-17-9-5-4-8-15(16)17/h1-9,12-13,21H,10-11H2,(H,22,24). The predicted octanol–water partition coefficient (Wildman–Crippen LogP) is 4.15. The highest BCUT2D eigenvalue weighted by Crippen LogP contribution is 2.29. The Hall–Kier alpha value is -2.92. The molecule has 0 aliphatic carbocycles. The van der Waals surface area contributed by atoms with Gasteiger partial charge in [0.2, 0.25) is 5.91 Å². The zero-order chi connectivity index (χ0) is 17.1. The maximum absolute atomic E-state index is 12.1. The summed E-state index contributed by atoms with van der Waals surface area (Å²) in [6.45, 7) is 0.542. The van der Waals surface area contributed by atoms with E-state index in [1.165, 1.54) is 11.3 Å². The maximum Gasteiger partial charge on any atom is 0.227 e. The zero-order valence-corrected chi connectivity index (χ0v) is 14.3. The van der Waals surface area contributed by atoms with Gasteiger partial charge in [0.15, 0.2) is 0 Å². The number of para-hydroxylation sites is 1. The Morgan fingerprint density at radius 3 is 2.76 bits per heavy atom. The number of benzene rings is 2. The lowest BCUT2D eigenvalue weighted by atomic mass is 10.1. The summed E-state index contributed by atoms with van der Waals surface area (Å²) >= 11 is 1.52. The van der Waals surface area contributed by atoms with Crippen LogP contribution in [0, 0.1) is 0 Å². The van der Waals surface area contributed by atoms with Gasteiger partial charge in [-0.2, -0.15) is 0 Å². The van der Waals surface area contributed by atoms with Crippen LogP contribution in [0.25, 0.3) is 22.2 Å². The van der Waals surface area contributed by atoms with Gasteiger partial charge in [0, 0.05) is 34.6 Å². The predicted molar refractivity (Wildman–Crippen MR) is 101 cm³/mol. The van der Waals surface area contributed by atoms with E-state index in [-0.39, 0.29) is 5.91 Å². The molecule has 4 aromatic rings. The fourth-order valence-corrected chi connectivity index (χ4v) is 3.59. The number of thiazole rings is 1. The van der Waals surface area contributed by atoms with Crippen molar-refractivity contribution in [3.8, 4) is 11.3 Å². The van der Waals surface area contributed by atoms with Crippen LogP contribution in [0.2, 0.25) is 0 Å². The second-order valence-electron chi connectivity index (χ2n) is 5.81. The number of hydrogen-bond acceptors (Lipinski definition) is 3. The summed E-state index contributed by atoms with van der Waals surface area (Å²) in [5, 5.41) is 6.92. The van der Waals surface area contributed by atoms with Crippen molar-refractivity contribution < 1.29 is 4.79 Å². The van der Waals surface area contributed by atoms with Gasteiger partial charge in [-0.3, -0.25) is 4.79 Å². The highest BCUT2D eigenvalue weighted by Gasteiger charge is 2.12. The monoisotopic (exact) mass is 347 g/mol. The lowest BCUT2D eigenvalue weighted by Gasteiger charge is -2.03. The van der Waals surface area contributed by atoms with Crippen LogP contribution in [-0.4, -0.2) is 15.9 Å². The SMILES string of the molecule is O=C(Cc1nc(-c2c[nH]c3ccccc23)cs1)NCc1ccccc1. The number of fused-ring (bicyclic) bond motifs is 1. The molecule has 0 saturated carbocycles. The van der Waals surface area contributed by atoms with Crippen molar-refractivity contribution >= 4 is 28.1 Å². The fourth-order valence-electron chi connectivity index (χ4n) is 2.80. The molecule has 0 unspecified atom stereocenters. The molecule has 2 heterocycles. The van der Waals surface area contributed by atoms with Crippen LogP contribution in [0.4, 0.5) is 0 Å². The Balaban J connectivity index is 1.44. The number of nitrogens with zero attached hydrogens (tertiary/aromatic N) is 1. The Morgan fingerprint density at radius 1 is 1.08 bits per heavy atom. The number of aromatic nitrogens is 2. The van der Waals surface area contributed by atoms with E-state index < -0.39 is 0 Å². The van der Waals surface area contributed by atoms with E-state index in [1.807, 2.05) is 60.1 Å². The van der Waals surface area contributed by atoms with E-state index in [2.05, 4.69) is 21.4 Å². The number of aromatic amines is 1. The molecule has 0 saturated heterocycles. The number of carbonyl (C=O) groups is 1. The molecule has 4 nitrogen and oxygen atoms in total. The molecular formula is C20H17N3OS. The third kappa shape index (κ3) is 3.46. The lowest BCUT2D eigenvalue weighted by Crippen LogP contribution is -2.24. The largest absolute Gasteiger partial charge is 0.360 e. The molecule has 0 bridgehead atoms. The van der Waals surface area contributed by atoms with Gasteiger partial charge in [-0.05, 0) is 11.6 Å². The number of H-pyrrole nitrogens is 1. The molecule has 2 N–H and O–H groups in total. The average molecular weight is 347 g/mol. The topological polar surface area (TPSA) is 57.8 Å². The van der Waals surface area contributed by atoms with Crippen LogP contribution in [0.5, 0.6) is 0 Å². The van der Waals surface area contributed by atoms with Crippen molar-refractivity contribution in [2.75, 3.05) is 0 Å². The minimum absolute atomic E-state index is 0.0105. The van der Waals surface area contributed by atoms with Crippen molar-refractivity contribution in [1.82, 2.24) is 15.3 Å².